The maximum Gasteiger partial charge on any atom is 0.253 e. The fourth-order valence-corrected chi connectivity index (χ4v) is 4.44. The van der Waals surface area contributed by atoms with Gasteiger partial charge in [-0.25, -0.2) is 13.1 Å². The average Bonchev–Trinajstić information content (AvgIpc) is 2.68. The van der Waals surface area contributed by atoms with Crippen LogP contribution in [0, 0.1) is 6.92 Å². The number of amides is 1. The SMILES string of the molecule is Cc1ccc(C(=O)N2CCCCC2)cc1S(=O)(=O)NCc1ccccc1. The van der Waals surface area contributed by atoms with E-state index in [2.05, 4.69) is 4.72 Å². The molecule has 26 heavy (non-hydrogen) atoms. The van der Waals surface area contributed by atoms with E-state index in [-0.39, 0.29) is 17.3 Å². The Balaban J connectivity index is 1.81. The number of piperidine rings is 1. The van der Waals surface area contributed by atoms with E-state index in [9.17, 15) is 13.2 Å². The Labute approximate surface area is 155 Å². The molecule has 1 aliphatic heterocycles. The van der Waals surface area contributed by atoms with Crippen LogP contribution in [0.1, 0.15) is 40.7 Å². The van der Waals surface area contributed by atoms with Crippen molar-refractivity contribution in [3.8, 4) is 0 Å². The summed E-state index contributed by atoms with van der Waals surface area (Å²) in [5.41, 5.74) is 1.94. The zero-order chi connectivity index (χ0) is 18.6. The highest BCUT2D eigenvalue weighted by atomic mass is 32.2. The van der Waals surface area contributed by atoms with Gasteiger partial charge >= 0.3 is 0 Å². The first-order valence-corrected chi connectivity index (χ1v) is 10.4. The molecule has 2 aromatic rings. The average molecular weight is 372 g/mol. The van der Waals surface area contributed by atoms with Gasteiger partial charge in [0.1, 0.15) is 0 Å². The van der Waals surface area contributed by atoms with E-state index in [1.165, 1.54) is 6.07 Å². The van der Waals surface area contributed by atoms with Crippen molar-refractivity contribution in [3.05, 3.63) is 65.2 Å². The van der Waals surface area contributed by atoms with E-state index >= 15 is 0 Å². The number of hydrogen-bond donors (Lipinski definition) is 1. The van der Waals surface area contributed by atoms with E-state index in [4.69, 9.17) is 0 Å². The maximum absolute atomic E-state index is 12.7. The summed E-state index contributed by atoms with van der Waals surface area (Å²) in [6.07, 6.45) is 3.14. The number of likely N-dealkylation sites (tertiary alicyclic amines) is 1. The minimum absolute atomic E-state index is 0.0933. The zero-order valence-corrected chi connectivity index (χ0v) is 15.8. The Kier molecular flexibility index (Phi) is 5.74. The molecule has 0 bridgehead atoms. The lowest BCUT2D eigenvalue weighted by Gasteiger charge is -2.27. The number of nitrogens with one attached hydrogen (secondary N) is 1. The Bertz CT molecular complexity index is 873. The van der Waals surface area contributed by atoms with Crippen molar-refractivity contribution in [3.63, 3.8) is 0 Å². The van der Waals surface area contributed by atoms with Crippen molar-refractivity contribution in [2.45, 2.75) is 37.6 Å². The van der Waals surface area contributed by atoms with E-state index in [1.807, 2.05) is 35.2 Å². The Hall–Kier alpha value is -2.18. The number of carbonyl (C=O) groups excluding carboxylic acids is 1. The maximum atomic E-state index is 12.7. The first-order chi connectivity index (χ1) is 12.5. The smallest absolute Gasteiger partial charge is 0.253 e. The molecule has 0 atom stereocenters. The van der Waals surface area contributed by atoms with Crippen molar-refractivity contribution < 1.29 is 13.2 Å². The van der Waals surface area contributed by atoms with Gasteiger partial charge in [-0.15, -0.1) is 0 Å². The van der Waals surface area contributed by atoms with Crippen LogP contribution in [0.3, 0.4) is 0 Å². The minimum atomic E-state index is -3.70. The lowest BCUT2D eigenvalue weighted by Crippen LogP contribution is -2.35. The molecular formula is C20H24N2O3S. The molecule has 0 spiro atoms. The highest BCUT2D eigenvalue weighted by molar-refractivity contribution is 7.89. The fraction of sp³-hybridized carbons (Fsp3) is 0.350. The predicted octanol–water partition coefficient (Wildman–Crippen LogP) is 3.10. The van der Waals surface area contributed by atoms with Crippen LogP contribution < -0.4 is 4.72 Å². The van der Waals surface area contributed by atoms with E-state index in [0.717, 1.165) is 37.9 Å². The van der Waals surface area contributed by atoms with Gasteiger partial charge in [-0.1, -0.05) is 36.4 Å². The first-order valence-electron chi connectivity index (χ1n) is 8.91. The summed E-state index contributed by atoms with van der Waals surface area (Å²) in [4.78, 5) is 14.7. The summed E-state index contributed by atoms with van der Waals surface area (Å²) in [5, 5.41) is 0. The standard InChI is InChI=1S/C20H24N2O3S/c1-16-10-11-18(20(23)22-12-6-3-7-13-22)14-19(16)26(24,25)21-15-17-8-4-2-5-9-17/h2,4-5,8-11,14,21H,3,6-7,12-13,15H2,1H3. The lowest BCUT2D eigenvalue weighted by atomic mass is 10.1. The van der Waals surface area contributed by atoms with Crippen LogP contribution in [0.15, 0.2) is 53.4 Å². The minimum Gasteiger partial charge on any atom is -0.339 e. The topological polar surface area (TPSA) is 66.5 Å². The quantitative estimate of drug-likeness (QED) is 0.877. The van der Waals surface area contributed by atoms with Crippen molar-refractivity contribution in [2.75, 3.05) is 13.1 Å². The van der Waals surface area contributed by atoms with Crippen molar-refractivity contribution in [1.82, 2.24) is 9.62 Å². The highest BCUT2D eigenvalue weighted by Crippen LogP contribution is 2.20. The van der Waals surface area contributed by atoms with Gasteiger partial charge in [-0.3, -0.25) is 4.79 Å². The van der Waals surface area contributed by atoms with Crippen LogP contribution >= 0.6 is 0 Å². The molecular weight excluding hydrogens is 348 g/mol. The van der Waals surface area contributed by atoms with Crippen LogP contribution in [0.5, 0.6) is 0 Å². The summed E-state index contributed by atoms with van der Waals surface area (Å²) in [7, 11) is -3.70. The monoisotopic (exact) mass is 372 g/mol. The molecule has 0 radical (unpaired) electrons. The van der Waals surface area contributed by atoms with Gasteiger partial charge in [-0.05, 0) is 49.4 Å². The van der Waals surface area contributed by atoms with Gasteiger partial charge in [0.05, 0.1) is 4.90 Å². The van der Waals surface area contributed by atoms with Gasteiger partial charge in [-0.2, -0.15) is 0 Å². The van der Waals surface area contributed by atoms with Gasteiger partial charge in [0.25, 0.3) is 5.91 Å². The molecule has 3 rings (SSSR count). The van der Waals surface area contributed by atoms with Gasteiger partial charge in [0, 0.05) is 25.2 Å². The number of sulfonamides is 1. The number of benzene rings is 2. The predicted molar refractivity (Wildman–Crippen MR) is 101 cm³/mol. The normalized spacial score (nSPS) is 15.0. The molecule has 2 aromatic carbocycles. The second-order valence-corrected chi connectivity index (χ2v) is 8.38. The Morgan fingerprint density at radius 1 is 1.04 bits per heavy atom. The van der Waals surface area contributed by atoms with Gasteiger partial charge in [0.2, 0.25) is 10.0 Å². The summed E-state index contributed by atoms with van der Waals surface area (Å²) < 4.78 is 28.1. The molecule has 0 unspecified atom stereocenters. The molecule has 1 fully saturated rings. The molecule has 0 aliphatic carbocycles. The van der Waals surface area contributed by atoms with Crippen molar-refractivity contribution >= 4 is 15.9 Å². The summed E-state index contributed by atoms with van der Waals surface area (Å²) in [6.45, 7) is 3.43. The molecule has 0 aromatic heterocycles. The van der Waals surface area contributed by atoms with Gasteiger partial charge in [0.15, 0.2) is 0 Å². The van der Waals surface area contributed by atoms with E-state index < -0.39 is 10.0 Å². The number of aryl methyl sites for hydroxylation is 1. The largest absolute Gasteiger partial charge is 0.339 e. The molecule has 1 heterocycles. The number of rotatable bonds is 5. The van der Waals surface area contributed by atoms with Crippen LogP contribution in [-0.4, -0.2) is 32.3 Å². The second kappa shape index (κ2) is 8.01. The summed E-state index contributed by atoms with van der Waals surface area (Å²) >= 11 is 0. The highest BCUT2D eigenvalue weighted by Gasteiger charge is 2.22. The number of hydrogen-bond acceptors (Lipinski definition) is 3. The molecule has 0 saturated carbocycles. The van der Waals surface area contributed by atoms with Crippen LogP contribution in [-0.2, 0) is 16.6 Å². The fourth-order valence-electron chi connectivity index (χ4n) is 3.15. The molecule has 138 valence electrons. The Morgan fingerprint density at radius 2 is 1.73 bits per heavy atom. The molecule has 1 saturated heterocycles. The Morgan fingerprint density at radius 3 is 2.42 bits per heavy atom. The third-order valence-electron chi connectivity index (χ3n) is 4.68. The van der Waals surface area contributed by atoms with E-state index in [0.29, 0.717) is 11.1 Å². The third-order valence-corrected chi connectivity index (χ3v) is 6.22. The second-order valence-electron chi connectivity index (χ2n) is 6.64. The van der Waals surface area contributed by atoms with Crippen molar-refractivity contribution in [1.29, 1.82) is 0 Å². The van der Waals surface area contributed by atoms with E-state index in [1.54, 1.807) is 19.1 Å². The van der Waals surface area contributed by atoms with Crippen LogP contribution in [0.2, 0.25) is 0 Å². The first kappa shape index (κ1) is 18.6. The summed E-state index contributed by atoms with van der Waals surface area (Å²) in [6, 6.07) is 14.3. The summed E-state index contributed by atoms with van der Waals surface area (Å²) in [5.74, 6) is -0.0933. The lowest BCUT2D eigenvalue weighted by molar-refractivity contribution is 0.0724. The molecule has 1 aliphatic rings. The third kappa shape index (κ3) is 4.31. The van der Waals surface area contributed by atoms with Crippen LogP contribution in [0.4, 0.5) is 0 Å². The molecule has 6 heteroatoms. The number of nitrogens with zero attached hydrogens (tertiary/aromatic N) is 1. The van der Waals surface area contributed by atoms with Crippen LogP contribution in [0.25, 0.3) is 0 Å². The van der Waals surface area contributed by atoms with Gasteiger partial charge < -0.3 is 4.90 Å². The molecule has 1 N–H and O–H groups in total. The number of carbonyl (C=O) groups is 1. The molecule has 1 amide bonds. The zero-order valence-electron chi connectivity index (χ0n) is 14.9. The molecule has 5 nitrogen and oxygen atoms in total. The van der Waals surface area contributed by atoms with Crippen molar-refractivity contribution in [2.24, 2.45) is 0 Å².